The fourth-order valence-corrected chi connectivity index (χ4v) is 2.38. The van der Waals surface area contributed by atoms with Crippen LogP contribution in [0.15, 0.2) is 54.6 Å². The van der Waals surface area contributed by atoms with Crippen molar-refractivity contribution in [2.45, 2.75) is 6.42 Å². The minimum atomic E-state index is -0.318. The molecule has 0 aliphatic rings. The van der Waals surface area contributed by atoms with Crippen LogP contribution >= 0.6 is 0 Å². The third kappa shape index (κ3) is 7.80. The average Bonchev–Trinajstić information content (AvgIpc) is 2.71. The van der Waals surface area contributed by atoms with Gasteiger partial charge in [-0.1, -0.05) is 12.1 Å². The van der Waals surface area contributed by atoms with E-state index in [-0.39, 0.29) is 23.3 Å². The van der Waals surface area contributed by atoms with Gasteiger partial charge in [0.05, 0.1) is 7.11 Å². The molecule has 0 heterocycles. The van der Waals surface area contributed by atoms with Crippen LogP contribution in [0.1, 0.15) is 17.5 Å². The highest BCUT2D eigenvalue weighted by Gasteiger charge is 2.01. The van der Waals surface area contributed by atoms with Crippen molar-refractivity contribution in [1.82, 2.24) is 10.6 Å². The maximum Gasteiger partial charge on any atom is 0.244 e. The molecule has 0 atom stereocenters. The summed E-state index contributed by atoms with van der Waals surface area (Å²) < 4.78 is 5.13. The van der Waals surface area contributed by atoms with Gasteiger partial charge in [-0.3, -0.25) is 9.59 Å². The van der Waals surface area contributed by atoms with Gasteiger partial charge in [-0.25, -0.2) is 0 Å². The molecule has 0 fully saturated rings. The van der Waals surface area contributed by atoms with Gasteiger partial charge in [0.25, 0.3) is 0 Å². The van der Waals surface area contributed by atoms with Crippen molar-refractivity contribution in [2.75, 3.05) is 20.2 Å². The Morgan fingerprint density at radius 3 is 2.31 bits per heavy atom. The summed E-state index contributed by atoms with van der Waals surface area (Å²) in [7, 11) is 1.58. The molecule has 2 aromatic rings. The van der Waals surface area contributed by atoms with Gasteiger partial charge in [0, 0.05) is 36.9 Å². The molecule has 0 radical (unpaired) electrons. The van der Waals surface area contributed by atoms with Gasteiger partial charge in [-0.2, -0.15) is 0 Å². The molecular weight excluding hydrogens is 372 g/mol. The largest absolute Gasteiger partial charge is 0.508 e. The molecule has 2 rings (SSSR count). The van der Waals surface area contributed by atoms with Crippen molar-refractivity contribution in [2.24, 2.45) is 0 Å². The van der Waals surface area contributed by atoms with Gasteiger partial charge < -0.3 is 25.6 Å². The Hall–Kier alpha value is -3.74. The summed E-state index contributed by atoms with van der Waals surface area (Å²) in [5, 5.41) is 24.3. The maximum absolute atomic E-state index is 11.8. The zero-order chi connectivity index (χ0) is 21.1. The average molecular weight is 396 g/mol. The van der Waals surface area contributed by atoms with Crippen molar-refractivity contribution in [3.05, 3.63) is 65.7 Å². The highest BCUT2D eigenvalue weighted by molar-refractivity contribution is 5.92. The first-order chi connectivity index (χ1) is 14.0. The van der Waals surface area contributed by atoms with Crippen LogP contribution in [0, 0.1) is 0 Å². The van der Waals surface area contributed by atoms with E-state index in [2.05, 4.69) is 10.6 Å². The van der Waals surface area contributed by atoms with Crippen molar-refractivity contribution in [3.8, 4) is 17.2 Å². The molecule has 2 aromatic carbocycles. The fraction of sp³-hybridized carbons (Fsp3) is 0.182. The lowest BCUT2D eigenvalue weighted by atomic mass is 10.2. The Morgan fingerprint density at radius 1 is 0.966 bits per heavy atom. The number of amides is 2. The predicted octanol–water partition coefficient (Wildman–Crippen LogP) is 2.46. The first kappa shape index (κ1) is 21.6. The lowest BCUT2D eigenvalue weighted by Crippen LogP contribution is -2.28. The zero-order valence-electron chi connectivity index (χ0n) is 16.1. The van der Waals surface area contributed by atoms with Crippen LogP contribution in [-0.2, 0) is 9.59 Å². The summed E-state index contributed by atoms with van der Waals surface area (Å²) in [4.78, 5) is 23.6. The molecule has 7 nitrogen and oxygen atoms in total. The molecule has 0 spiro atoms. The predicted molar refractivity (Wildman–Crippen MR) is 111 cm³/mol. The Labute approximate surface area is 169 Å². The van der Waals surface area contributed by atoms with Crippen LogP contribution in [0.2, 0.25) is 0 Å². The minimum absolute atomic E-state index is 0.0514. The van der Waals surface area contributed by atoms with Crippen LogP contribution in [0.3, 0.4) is 0 Å². The van der Waals surface area contributed by atoms with E-state index >= 15 is 0 Å². The molecule has 0 bridgehead atoms. The van der Waals surface area contributed by atoms with E-state index < -0.39 is 0 Å². The van der Waals surface area contributed by atoms with E-state index in [1.807, 2.05) is 24.3 Å². The first-order valence-corrected chi connectivity index (χ1v) is 9.06. The molecule has 29 heavy (non-hydrogen) atoms. The van der Waals surface area contributed by atoms with Gasteiger partial charge in [-0.05, 0) is 48.4 Å². The molecule has 152 valence electrons. The van der Waals surface area contributed by atoms with E-state index in [9.17, 15) is 19.8 Å². The topological polar surface area (TPSA) is 108 Å². The number of carbonyl (C=O) groups excluding carboxylic acids is 2. The van der Waals surface area contributed by atoms with Gasteiger partial charge in [-0.15, -0.1) is 0 Å². The second-order valence-electron chi connectivity index (χ2n) is 6.12. The highest BCUT2D eigenvalue weighted by Crippen LogP contribution is 2.23. The van der Waals surface area contributed by atoms with Gasteiger partial charge in [0.1, 0.15) is 17.2 Å². The maximum atomic E-state index is 11.8. The first-order valence-electron chi connectivity index (χ1n) is 9.06. The van der Waals surface area contributed by atoms with Crippen molar-refractivity contribution in [3.63, 3.8) is 0 Å². The second-order valence-corrected chi connectivity index (χ2v) is 6.12. The number of phenolic OH excluding ortho intramolecular Hbond substituents is 2. The summed E-state index contributed by atoms with van der Waals surface area (Å²) in [6.07, 6.45) is 6.46. The number of hydrogen-bond acceptors (Lipinski definition) is 5. The number of carbonyl (C=O) groups is 2. The monoisotopic (exact) mass is 396 g/mol. The summed E-state index contributed by atoms with van der Waals surface area (Å²) in [6.45, 7) is 0.814. The van der Waals surface area contributed by atoms with Gasteiger partial charge >= 0.3 is 0 Å². The lowest BCUT2D eigenvalue weighted by Gasteiger charge is -2.04. The molecule has 0 aliphatic carbocycles. The number of hydrogen-bond donors (Lipinski definition) is 4. The number of methoxy groups -OCH3 is 1. The highest BCUT2D eigenvalue weighted by atomic mass is 16.5. The normalized spacial score (nSPS) is 10.9. The third-order valence-electron chi connectivity index (χ3n) is 3.90. The molecule has 0 aliphatic heterocycles. The van der Waals surface area contributed by atoms with Crippen LogP contribution < -0.4 is 15.4 Å². The van der Waals surface area contributed by atoms with Crippen LogP contribution in [0.25, 0.3) is 12.2 Å². The number of nitrogens with one attached hydrogen (secondary N) is 2. The summed E-state index contributed by atoms with van der Waals surface area (Å²) in [5.41, 5.74) is 1.28. The van der Waals surface area contributed by atoms with Crippen LogP contribution in [0.4, 0.5) is 0 Å². The summed E-state index contributed by atoms with van der Waals surface area (Å²) in [5.74, 6) is 0.0183. The number of ether oxygens (including phenoxy) is 1. The standard InChI is InChI=1S/C22H24N2O5/c1-29-19-5-2-4-16(14-19)6-10-21(27)23-12-3-13-24-22(28)11-8-17-7-9-18(25)15-20(17)26/h2,4-11,14-15,25-26H,3,12-13H2,1H3,(H,23,27)(H,24,28)/b10-6+,11-8+. The SMILES string of the molecule is COc1cccc(/C=C/C(=O)NCCCNC(=O)/C=C/c2ccc(O)cc2O)c1. The van der Waals surface area contributed by atoms with Crippen molar-refractivity contribution < 1.29 is 24.5 Å². The minimum Gasteiger partial charge on any atom is -0.508 e. The Bertz CT molecular complexity index is 906. The van der Waals surface area contributed by atoms with E-state index in [0.717, 1.165) is 11.3 Å². The number of aromatic hydroxyl groups is 2. The second kappa shape index (κ2) is 11.2. The van der Waals surface area contributed by atoms with Crippen molar-refractivity contribution >= 4 is 24.0 Å². The van der Waals surface area contributed by atoms with Gasteiger partial charge in [0.15, 0.2) is 0 Å². The van der Waals surface area contributed by atoms with E-state index in [4.69, 9.17) is 4.74 Å². The Kier molecular flexibility index (Phi) is 8.31. The Morgan fingerprint density at radius 2 is 1.66 bits per heavy atom. The van der Waals surface area contributed by atoms with E-state index in [1.54, 1.807) is 13.2 Å². The molecule has 4 N–H and O–H groups in total. The molecule has 2 amide bonds. The number of benzene rings is 2. The Balaban J connectivity index is 1.65. The molecule has 0 saturated carbocycles. The summed E-state index contributed by atoms with van der Waals surface area (Å²) >= 11 is 0. The molecule has 0 aromatic heterocycles. The molecule has 0 saturated heterocycles. The van der Waals surface area contributed by atoms with E-state index in [0.29, 0.717) is 25.1 Å². The molecule has 0 unspecified atom stereocenters. The third-order valence-corrected chi connectivity index (χ3v) is 3.90. The van der Waals surface area contributed by atoms with Gasteiger partial charge in [0.2, 0.25) is 11.8 Å². The molecular formula is C22H24N2O5. The smallest absolute Gasteiger partial charge is 0.244 e. The van der Waals surface area contributed by atoms with E-state index in [1.165, 1.54) is 36.4 Å². The zero-order valence-corrected chi connectivity index (χ0v) is 16.1. The number of rotatable bonds is 9. The summed E-state index contributed by atoms with van der Waals surface area (Å²) in [6, 6.07) is 11.5. The van der Waals surface area contributed by atoms with Crippen molar-refractivity contribution in [1.29, 1.82) is 0 Å². The number of phenols is 2. The fourth-order valence-electron chi connectivity index (χ4n) is 2.38. The lowest BCUT2D eigenvalue weighted by molar-refractivity contribution is -0.116. The molecule has 7 heteroatoms. The van der Waals surface area contributed by atoms with Crippen LogP contribution in [0.5, 0.6) is 17.2 Å². The quantitative estimate of drug-likeness (QED) is 0.385. The van der Waals surface area contributed by atoms with Crippen LogP contribution in [-0.4, -0.2) is 42.2 Å².